The average Bonchev–Trinajstić information content (AvgIpc) is 2.35. The van der Waals surface area contributed by atoms with Gasteiger partial charge in [0.15, 0.2) is 0 Å². The number of rotatable bonds is 4. The van der Waals surface area contributed by atoms with Gasteiger partial charge in [-0.1, -0.05) is 6.92 Å². The Bertz CT molecular complexity index is 159. The molecule has 0 aromatic carbocycles. The zero-order valence-electron chi connectivity index (χ0n) is 7.55. The molecule has 1 aliphatic rings. The number of carbonyl (C=O) groups is 1. The Morgan fingerprint density at radius 1 is 1.58 bits per heavy atom. The Morgan fingerprint density at radius 3 is 2.83 bits per heavy atom. The Morgan fingerprint density at radius 2 is 2.33 bits per heavy atom. The van der Waals surface area contributed by atoms with Gasteiger partial charge in [0.1, 0.15) is 0 Å². The summed E-state index contributed by atoms with van der Waals surface area (Å²) in [4.78, 5) is 10.2. The van der Waals surface area contributed by atoms with E-state index in [1.165, 1.54) is 19.3 Å². The average molecular weight is 171 g/mol. The summed E-state index contributed by atoms with van der Waals surface area (Å²) in [5, 5.41) is 11.7. The van der Waals surface area contributed by atoms with Gasteiger partial charge in [-0.15, -0.1) is 0 Å². The van der Waals surface area contributed by atoms with Gasteiger partial charge in [0.05, 0.1) is 6.42 Å². The predicted molar refractivity (Wildman–Crippen MR) is 47.1 cm³/mol. The Labute approximate surface area is 73.2 Å². The molecule has 3 nitrogen and oxygen atoms in total. The minimum atomic E-state index is -0.714. The summed E-state index contributed by atoms with van der Waals surface area (Å²) >= 11 is 0. The van der Waals surface area contributed by atoms with Gasteiger partial charge >= 0.3 is 5.97 Å². The lowest BCUT2D eigenvalue weighted by molar-refractivity contribution is -0.136. The van der Waals surface area contributed by atoms with Crippen LogP contribution in [0.2, 0.25) is 0 Å². The third-order valence-corrected chi connectivity index (χ3v) is 2.47. The van der Waals surface area contributed by atoms with E-state index in [4.69, 9.17) is 5.11 Å². The second kappa shape index (κ2) is 4.45. The standard InChI is InChI=1S/C9H17NO2/c1-7-2-3-8(6-7)10-5-4-9(11)12/h7-8,10H,2-6H2,1H3,(H,11,12). The van der Waals surface area contributed by atoms with Crippen molar-refractivity contribution in [1.29, 1.82) is 0 Å². The Hall–Kier alpha value is -0.570. The lowest BCUT2D eigenvalue weighted by Crippen LogP contribution is -2.28. The molecule has 1 rings (SSSR count). The summed E-state index contributed by atoms with van der Waals surface area (Å²) in [5.41, 5.74) is 0. The van der Waals surface area contributed by atoms with Crippen LogP contribution in [-0.2, 0) is 4.79 Å². The van der Waals surface area contributed by atoms with E-state index in [1.807, 2.05) is 0 Å². The molecule has 0 aromatic rings. The van der Waals surface area contributed by atoms with Gasteiger partial charge in [0.2, 0.25) is 0 Å². The van der Waals surface area contributed by atoms with E-state index in [9.17, 15) is 4.79 Å². The maximum Gasteiger partial charge on any atom is 0.304 e. The highest BCUT2D eigenvalue weighted by Crippen LogP contribution is 2.24. The lowest BCUT2D eigenvalue weighted by atomic mass is 10.1. The first-order chi connectivity index (χ1) is 5.68. The van der Waals surface area contributed by atoms with Gasteiger partial charge < -0.3 is 10.4 Å². The first-order valence-electron chi connectivity index (χ1n) is 4.63. The third-order valence-electron chi connectivity index (χ3n) is 2.47. The van der Waals surface area contributed by atoms with Crippen molar-refractivity contribution in [2.75, 3.05) is 6.54 Å². The smallest absolute Gasteiger partial charge is 0.304 e. The van der Waals surface area contributed by atoms with Crippen LogP contribution >= 0.6 is 0 Å². The number of carboxylic acids is 1. The van der Waals surface area contributed by atoms with Crippen LogP contribution in [0.5, 0.6) is 0 Å². The summed E-state index contributed by atoms with van der Waals surface area (Å²) in [6.07, 6.45) is 3.94. The highest BCUT2D eigenvalue weighted by Gasteiger charge is 2.20. The monoisotopic (exact) mass is 171 g/mol. The molecule has 0 saturated heterocycles. The van der Waals surface area contributed by atoms with Crippen molar-refractivity contribution in [2.24, 2.45) is 5.92 Å². The molecule has 2 unspecified atom stereocenters. The van der Waals surface area contributed by atoms with E-state index in [0.717, 1.165) is 5.92 Å². The number of carboxylic acid groups (broad SMARTS) is 1. The molecule has 0 radical (unpaired) electrons. The van der Waals surface area contributed by atoms with Crippen LogP contribution in [0.25, 0.3) is 0 Å². The fraction of sp³-hybridized carbons (Fsp3) is 0.889. The molecule has 1 aliphatic carbocycles. The van der Waals surface area contributed by atoms with Crippen molar-refractivity contribution in [3.63, 3.8) is 0 Å². The maximum atomic E-state index is 10.2. The Balaban J connectivity index is 2.04. The van der Waals surface area contributed by atoms with Crippen molar-refractivity contribution >= 4 is 5.97 Å². The molecule has 2 N–H and O–H groups in total. The van der Waals surface area contributed by atoms with E-state index >= 15 is 0 Å². The van der Waals surface area contributed by atoms with Gasteiger partial charge in [-0.2, -0.15) is 0 Å². The highest BCUT2D eigenvalue weighted by atomic mass is 16.4. The second-order valence-electron chi connectivity index (χ2n) is 3.71. The number of hydrogen-bond acceptors (Lipinski definition) is 2. The number of hydrogen-bond donors (Lipinski definition) is 2. The zero-order chi connectivity index (χ0) is 8.97. The first kappa shape index (κ1) is 9.52. The van der Waals surface area contributed by atoms with E-state index in [-0.39, 0.29) is 6.42 Å². The van der Waals surface area contributed by atoms with Crippen LogP contribution in [0, 0.1) is 5.92 Å². The molecule has 0 aromatic heterocycles. The molecule has 0 amide bonds. The lowest BCUT2D eigenvalue weighted by Gasteiger charge is -2.10. The largest absolute Gasteiger partial charge is 0.481 e. The number of aliphatic carboxylic acids is 1. The molecule has 1 saturated carbocycles. The molecule has 70 valence electrons. The van der Waals surface area contributed by atoms with Crippen LogP contribution in [-0.4, -0.2) is 23.7 Å². The van der Waals surface area contributed by atoms with Crippen LogP contribution in [0.1, 0.15) is 32.6 Å². The number of nitrogens with one attached hydrogen (secondary N) is 1. The topological polar surface area (TPSA) is 49.3 Å². The molecule has 0 heterocycles. The highest BCUT2D eigenvalue weighted by molar-refractivity contribution is 5.66. The minimum absolute atomic E-state index is 0.241. The summed E-state index contributed by atoms with van der Waals surface area (Å²) in [7, 11) is 0. The van der Waals surface area contributed by atoms with Gasteiger partial charge in [0, 0.05) is 12.6 Å². The predicted octanol–water partition coefficient (Wildman–Crippen LogP) is 1.24. The van der Waals surface area contributed by atoms with Crippen molar-refractivity contribution in [1.82, 2.24) is 5.32 Å². The molecule has 2 atom stereocenters. The normalized spacial score (nSPS) is 29.1. The van der Waals surface area contributed by atoms with Crippen LogP contribution < -0.4 is 5.32 Å². The van der Waals surface area contributed by atoms with Crippen molar-refractivity contribution in [3.05, 3.63) is 0 Å². The molecule has 0 bridgehead atoms. The van der Waals surface area contributed by atoms with Gasteiger partial charge in [-0.25, -0.2) is 0 Å². The van der Waals surface area contributed by atoms with E-state index in [1.54, 1.807) is 0 Å². The van der Waals surface area contributed by atoms with E-state index in [0.29, 0.717) is 12.6 Å². The fourth-order valence-corrected chi connectivity index (χ4v) is 1.78. The molecular weight excluding hydrogens is 154 g/mol. The quantitative estimate of drug-likeness (QED) is 0.669. The fourth-order valence-electron chi connectivity index (χ4n) is 1.78. The molecule has 0 spiro atoms. The first-order valence-corrected chi connectivity index (χ1v) is 4.63. The Kier molecular flexibility index (Phi) is 3.53. The zero-order valence-corrected chi connectivity index (χ0v) is 7.55. The van der Waals surface area contributed by atoms with Gasteiger partial charge in [-0.05, 0) is 25.2 Å². The van der Waals surface area contributed by atoms with E-state index in [2.05, 4.69) is 12.2 Å². The molecule has 0 aliphatic heterocycles. The van der Waals surface area contributed by atoms with Crippen molar-refractivity contribution in [3.8, 4) is 0 Å². The summed E-state index contributed by atoms with van der Waals surface area (Å²) in [5.74, 6) is 0.0980. The third kappa shape index (κ3) is 3.22. The van der Waals surface area contributed by atoms with Crippen molar-refractivity contribution < 1.29 is 9.90 Å². The van der Waals surface area contributed by atoms with Crippen molar-refractivity contribution in [2.45, 2.75) is 38.6 Å². The van der Waals surface area contributed by atoms with E-state index < -0.39 is 5.97 Å². The maximum absolute atomic E-state index is 10.2. The molecular formula is C9H17NO2. The van der Waals surface area contributed by atoms with Gasteiger partial charge in [-0.3, -0.25) is 4.79 Å². The summed E-state index contributed by atoms with van der Waals surface area (Å²) in [6, 6.07) is 0.569. The summed E-state index contributed by atoms with van der Waals surface area (Å²) < 4.78 is 0. The SMILES string of the molecule is CC1CCC(NCCC(=O)O)C1. The van der Waals surface area contributed by atoms with Gasteiger partial charge in [0.25, 0.3) is 0 Å². The minimum Gasteiger partial charge on any atom is -0.481 e. The molecule has 1 fully saturated rings. The van der Waals surface area contributed by atoms with Crippen LogP contribution in [0.4, 0.5) is 0 Å². The van der Waals surface area contributed by atoms with Crippen LogP contribution in [0.15, 0.2) is 0 Å². The second-order valence-corrected chi connectivity index (χ2v) is 3.71. The molecule has 12 heavy (non-hydrogen) atoms. The summed E-state index contributed by atoms with van der Waals surface area (Å²) in [6.45, 7) is 2.87. The molecule has 3 heteroatoms. The van der Waals surface area contributed by atoms with Crippen LogP contribution in [0.3, 0.4) is 0 Å².